The van der Waals surface area contributed by atoms with Crippen LogP contribution in [0.1, 0.15) is 26.7 Å². The van der Waals surface area contributed by atoms with Gasteiger partial charge in [-0.2, -0.15) is 0 Å². The number of fused-ring (bicyclic) bond motifs is 1. The molecule has 0 unspecified atom stereocenters. The Balaban J connectivity index is 2.24. The quantitative estimate of drug-likeness (QED) is 0.884. The normalized spacial score (nSPS) is 11.5. The van der Waals surface area contributed by atoms with Crippen molar-refractivity contribution in [2.45, 2.75) is 32.2 Å². The number of amides is 1. The molecular weight excluding hydrogens is 238 g/mol. The fourth-order valence-electron chi connectivity index (χ4n) is 1.97. The first-order valence-electron chi connectivity index (χ1n) is 6.54. The minimum atomic E-state index is -0.814. The van der Waals surface area contributed by atoms with E-state index in [1.807, 2.05) is 44.2 Å². The number of nitrogens with zero attached hydrogens (tertiary/aromatic N) is 1. The molecule has 0 aliphatic heterocycles. The highest BCUT2D eigenvalue weighted by atomic mass is 16.2. The standard InChI is InChI=1S/C15H19N3O/c1-3-15(16,4-2)14(19)18-12-9-11-7-5-6-8-13(11)17-10-12/h5-10H,3-4,16H2,1-2H3,(H,18,19). The number of hydrogen-bond acceptors (Lipinski definition) is 3. The van der Waals surface area contributed by atoms with Crippen LogP contribution in [0, 0.1) is 0 Å². The van der Waals surface area contributed by atoms with E-state index in [4.69, 9.17) is 5.73 Å². The Hall–Kier alpha value is -1.94. The van der Waals surface area contributed by atoms with Crippen molar-refractivity contribution in [1.82, 2.24) is 4.98 Å². The maximum absolute atomic E-state index is 12.2. The molecule has 100 valence electrons. The highest BCUT2D eigenvalue weighted by molar-refractivity contribution is 5.99. The van der Waals surface area contributed by atoms with Crippen LogP contribution in [0.4, 0.5) is 5.69 Å². The SMILES string of the molecule is CCC(N)(CC)C(=O)Nc1cnc2ccccc2c1. The van der Waals surface area contributed by atoms with E-state index in [2.05, 4.69) is 10.3 Å². The van der Waals surface area contributed by atoms with Crippen LogP contribution in [0.25, 0.3) is 10.9 Å². The Morgan fingerprint density at radius 3 is 2.68 bits per heavy atom. The Morgan fingerprint density at radius 2 is 2.00 bits per heavy atom. The van der Waals surface area contributed by atoms with Gasteiger partial charge in [-0.3, -0.25) is 9.78 Å². The van der Waals surface area contributed by atoms with E-state index < -0.39 is 5.54 Å². The van der Waals surface area contributed by atoms with Crippen LogP contribution in [-0.4, -0.2) is 16.4 Å². The highest BCUT2D eigenvalue weighted by Crippen LogP contribution is 2.19. The molecule has 1 heterocycles. The maximum Gasteiger partial charge on any atom is 0.244 e. The van der Waals surface area contributed by atoms with Gasteiger partial charge in [-0.15, -0.1) is 0 Å². The van der Waals surface area contributed by atoms with Crippen molar-refractivity contribution in [3.8, 4) is 0 Å². The number of para-hydroxylation sites is 1. The van der Waals surface area contributed by atoms with Crippen LogP contribution >= 0.6 is 0 Å². The largest absolute Gasteiger partial charge is 0.323 e. The van der Waals surface area contributed by atoms with Gasteiger partial charge in [0.1, 0.15) is 0 Å². The van der Waals surface area contributed by atoms with E-state index in [9.17, 15) is 4.79 Å². The molecule has 1 aromatic carbocycles. The molecule has 0 radical (unpaired) electrons. The van der Waals surface area contributed by atoms with E-state index in [0.29, 0.717) is 18.5 Å². The van der Waals surface area contributed by atoms with Crippen molar-refractivity contribution in [3.63, 3.8) is 0 Å². The first-order valence-corrected chi connectivity index (χ1v) is 6.54. The number of benzene rings is 1. The van der Waals surface area contributed by atoms with Crippen LogP contribution in [0.5, 0.6) is 0 Å². The summed E-state index contributed by atoms with van der Waals surface area (Å²) in [6.07, 6.45) is 2.87. The molecule has 1 aromatic heterocycles. The minimum absolute atomic E-state index is 0.158. The molecule has 4 nitrogen and oxygen atoms in total. The summed E-state index contributed by atoms with van der Waals surface area (Å²) in [6.45, 7) is 3.84. The number of aromatic nitrogens is 1. The highest BCUT2D eigenvalue weighted by Gasteiger charge is 2.29. The molecule has 0 saturated carbocycles. The number of nitrogens with two attached hydrogens (primary N) is 1. The first kappa shape index (κ1) is 13.5. The molecule has 0 bridgehead atoms. The zero-order chi connectivity index (χ0) is 13.9. The molecule has 0 spiro atoms. The van der Waals surface area contributed by atoms with Gasteiger partial charge in [0.25, 0.3) is 0 Å². The zero-order valence-corrected chi connectivity index (χ0v) is 11.3. The summed E-state index contributed by atoms with van der Waals surface area (Å²) in [5.74, 6) is -0.158. The zero-order valence-electron chi connectivity index (χ0n) is 11.3. The molecule has 4 heteroatoms. The van der Waals surface area contributed by atoms with Gasteiger partial charge in [0, 0.05) is 5.39 Å². The molecule has 3 N–H and O–H groups in total. The van der Waals surface area contributed by atoms with Gasteiger partial charge in [0.2, 0.25) is 5.91 Å². The lowest BCUT2D eigenvalue weighted by Crippen LogP contribution is -2.50. The van der Waals surface area contributed by atoms with Crippen LogP contribution in [0.15, 0.2) is 36.5 Å². The molecule has 2 rings (SSSR count). The van der Waals surface area contributed by atoms with Crippen molar-refractivity contribution < 1.29 is 4.79 Å². The predicted molar refractivity (Wildman–Crippen MR) is 77.9 cm³/mol. The van der Waals surface area contributed by atoms with Gasteiger partial charge < -0.3 is 11.1 Å². The van der Waals surface area contributed by atoms with Crippen molar-refractivity contribution in [2.75, 3.05) is 5.32 Å². The van der Waals surface area contributed by atoms with Crippen molar-refractivity contribution in [3.05, 3.63) is 36.5 Å². The van der Waals surface area contributed by atoms with Crippen LogP contribution < -0.4 is 11.1 Å². The second kappa shape index (κ2) is 5.36. The lowest BCUT2D eigenvalue weighted by Gasteiger charge is -2.25. The molecule has 0 aliphatic rings. The van der Waals surface area contributed by atoms with Gasteiger partial charge >= 0.3 is 0 Å². The van der Waals surface area contributed by atoms with Gasteiger partial charge in [0.05, 0.1) is 22.9 Å². The van der Waals surface area contributed by atoms with Gasteiger partial charge in [-0.1, -0.05) is 32.0 Å². The molecule has 0 saturated heterocycles. The monoisotopic (exact) mass is 257 g/mol. The summed E-state index contributed by atoms with van der Waals surface area (Å²) in [5, 5.41) is 3.85. The van der Waals surface area contributed by atoms with E-state index in [0.717, 1.165) is 10.9 Å². The Labute approximate surface area is 113 Å². The van der Waals surface area contributed by atoms with Crippen LogP contribution in [0.3, 0.4) is 0 Å². The molecule has 1 amide bonds. The van der Waals surface area contributed by atoms with Gasteiger partial charge in [0.15, 0.2) is 0 Å². The van der Waals surface area contributed by atoms with E-state index in [1.54, 1.807) is 6.20 Å². The lowest BCUT2D eigenvalue weighted by molar-refractivity contribution is -0.121. The summed E-state index contributed by atoms with van der Waals surface area (Å²) in [4.78, 5) is 16.5. The second-order valence-electron chi connectivity index (χ2n) is 4.73. The average Bonchev–Trinajstić information content (AvgIpc) is 2.46. The molecular formula is C15H19N3O. The van der Waals surface area contributed by atoms with Crippen molar-refractivity contribution in [1.29, 1.82) is 0 Å². The van der Waals surface area contributed by atoms with Crippen molar-refractivity contribution in [2.24, 2.45) is 5.73 Å². The molecule has 0 aliphatic carbocycles. The summed E-state index contributed by atoms with van der Waals surface area (Å²) >= 11 is 0. The van der Waals surface area contributed by atoms with E-state index >= 15 is 0 Å². The minimum Gasteiger partial charge on any atom is -0.323 e. The third-order valence-electron chi connectivity index (χ3n) is 3.56. The summed E-state index contributed by atoms with van der Waals surface area (Å²) in [6, 6.07) is 9.69. The molecule has 0 atom stereocenters. The van der Waals surface area contributed by atoms with Crippen molar-refractivity contribution >= 4 is 22.5 Å². The third-order valence-corrected chi connectivity index (χ3v) is 3.56. The number of pyridine rings is 1. The number of anilines is 1. The number of hydrogen-bond donors (Lipinski definition) is 2. The summed E-state index contributed by atoms with van der Waals surface area (Å²) in [7, 11) is 0. The number of nitrogens with one attached hydrogen (secondary N) is 1. The van der Waals surface area contributed by atoms with E-state index in [1.165, 1.54) is 0 Å². The average molecular weight is 257 g/mol. The first-order chi connectivity index (χ1) is 9.09. The number of carbonyl (C=O) groups excluding carboxylic acids is 1. The lowest BCUT2D eigenvalue weighted by atomic mass is 9.93. The van der Waals surface area contributed by atoms with E-state index in [-0.39, 0.29) is 5.91 Å². The second-order valence-corrected chi connectivity index (χ2v) is 4.73. The Kier molecular flexibility index (Phi) is 3.81. The third kappa shape index (κ3) is 2.74. The number of carbonyl (C=O) groups is 1. The summed E-state index contributed by atoms with van der Waals surface area (Å²) in [5.41, 5.74) is 6.84. The maximum atomic E-state index is 12.2. The Morgan fingerprint density at radius 1 is 1.32 bits per heavy atom. The van der Waals surface area contributed by atoms with Crippen LogP contribution in [0.2, 0.25) is 0 Å². The molecule has 0 fully saturated rings. The molecule has 19 heavy (non-hydrogen) atoms. The predicted octanol–water partition coefficient (Wildman–Crippen LogP) is 2.69. The topological polar surface area (TPSA) is 68.0 Å². The number of rotatable bonds is 4. The summed E-state index contributed by atoms with van der Waals surface area (Å²) < 4.78 is 0. The fraction of sp³-hybridized carbons (Fsp3) is 0.333. The fourth-order valence-corrected chi connectivity index (χ4v) is 1.97. The van der Waals surface area contributed by atoms with Gasteiger partial charge in [-0.25, -0.2) is 0 Å². The van der Waals surface area contributed by atoms with Crippen LogP contribution in [-0.2, 0) is 4.79 Å². The smallest absolute Gasteiger partial charge is 0.244 e. The molecule has 2 aromatic rings. The Bertz CT molecular complexity index is 591. The van der Waals surface area contributed by atoms with Gasteiger partial charge in [-0.05, 0) is 25.0 Å².